The Labute approximate surface area is 125 Å². The maximum Gasteiger partial charge on any atom is 0.407 e. The lowest BCUT2D eigenvalue weighted by molar-refractivity contribution is -0.138. The Kier molecular flexibility index (Phi) is 7.53. The molecule has 0 bridgehead atoms. The highest BCUT2D eigenvalue weighted by atomic mass is 16.5. The molecular weight excluding hydrogens is 272 g/mol. The first kappa shape index (κ1) is 17.2. The van der Waals surface area contributed by atoms with Gasteiger partial charge < -0.3 is 20.9 Å². The van der Waals surface area contributed by atoms with Crippen LogP contribution in [0, 0.1) is 0 Å². The number of carboxylic acid groups (broad SMARTS) is 1. The third-order valence-corrected chi connectivity index (χ3v) is 3.29. The van der Waals surface area contributed by atoms with E-state index < -0.39 is 18.1 Å². The van der Waals surface area contributed by atoms with Crippen LogP contribution in [-0.4, -0.2) is 36.4 Å². The molecule has 1 amide bonds. The summed E-state index contributed by atoms with van der Waals surface area (Å²) in [6, 6.07) is -0.825. The van der Waals surface area contributed by atoms with Gasteiger partial charge in [-0.2, -0.15) is 0 Å². The molecule has 1 rings (SSSR count). The molecule has 6 nitrogen and oxygen atoms in total. The van der Waals surface area contributed by atoms with E-state index in [1.807, 2.05) is 0 Å². The van der Waals surface area contributed by atoms with Gasteiger partial charge in [-0.15, -0.1) is 0 Å². The van der Waals surface area contributed by atoms with Crippen LogP contribution in [0.5, 0.6) is 0 Å². The summed E-state index contributed by atoms with van der Waals surface area (Å²) in [7, 11) is 0. The fourth-order valence-corrected chi connectivity index (χ4v) is 2.04. The topological polar surface area (TPSA) is 102 Å². The van der Waals surface area contributed by atoms with E-state index in [4.69, 9.17) is 15.6 Å². The number of nitrogens with two attached hydrogens (primary N) is 1. The molecule has 0 heterocycles. The Balaban J connectivity index is 1.96. The molecule has 0 fully saturated rings. The maximum absolute atomic E-state index is 11.4. The van der Waals surface area contributed by atoms with E-state index in [0.29, 0.717) is 32.4 Å². The van der Waals surface area contributed by atoms with Crippen LogP contribution in [-0.2, 0) is 9.53 Å². The largest absolute Gasteiger partial charge is 0.480 e. The van der Waals surface area contributed by atoms with E-state index in [1.165, 1.54) is 11.1 Å². The van der Waals surface area contributed by atoms with Crippen molar-refractivity contribution in [3.05, 3.63) is 23.3 Å². The molecule has 0 saturated carbocycles. The number of aliphatic carboxylic acids is 1. The summed E-state index contributed by atoms with van der Waals surface area (Å²) in [6.45, 7) is 2.92. The molecular formula is C15H24N2O4. The van der Waals surface area contributed by atoms with Crippen LogP contribution in [0.15, 0.2) is 23.3 Å². The van der Waals surface area contributed by atoms with E-state index in [0.717, 1.165) is 12.8 Å². The van der Waals surface area contributed by atoms with Gasteiger partial charge >= 0.3 is 12.1 Å². The lowest BCUT2D eigenvalue weighted by atomic mass is 10.1. The Hall–Kier alpha value is -1.82. The van der Waals surface area contributed by atoms with Crippen LogP contribution in [0.2, 0.25) is 0 Å². The summed E-state index contributed by atoms with van der Waals surface area (Å²) in [5.41, 5.74) is 7.98. The van der Waals surface area contributed by atoms with Gasteiger partial charge in [-0.1, -0.05) is 23.3 Å². The summed E-state index contributed by atoms with van der Waals surface area (Å²) >= 11 is 0. The number of amides is 1. The Bertz CT molecular complexity index is 429. The first-order valence-electron chi connectivity index (χ1n) is 7.23. The van der Waals surface area contributed by atoms with E-state index >= 15 is 0 Å². The zero-order valence-electron chi connectivity index (χ0n) is 12.4. The number of hydrogen-bond donors (Lipinski definition) is 3. The average molecular weight is 296 g/mol. The maximum atomic E-state index is 11.4. The molecule has 0 spiro atoms. The van der Waals surface area contributed by atoms with Gasteiger partial charge in [-0.3, -0.25) is 4.79 Å². The minimum absolute atomic E-state index is 0.378. The second kappa shape index (κ2) is 9.18. The molecule has 0 aromatic rings. The predicted molar refractivity (Wildman–Crippen MR) is 79.9 cm³/mol. The van der Waals surface area contributed by atoms with E-state index in [1.54, 1.807) is 0 Å². The first-order chi connectivity index (χ1) is 9.99. The molecule has 1 aliphatic rings. The Morgan fingerprint density at radius 2 is 2.19 bits per heavy atom. The van der Waals surface area contributed by atoms with Crippen molar-refractivity contribution in [1.29, 1.82) is 0 Å². The molecule has 0 unspecified atom stereocenters. The van der Waals surface area contributed by atoms with Crippen LogP contribution < -0.4 is 11.1 Å². The molecule has 0 aromatic heterocycles. The number of allylic oxidation sites excluding steroid dienone is 3. The second-order valence-corrected chi connectivity index (χ2v) is 5.27. The zero-order valence-corrected chi connectivity index (χ0v) is 12.4. The predicted octanol–water partition coefficient (Wildman–Crippen LogP) is 1.96. The lowest BCUT2D eigenvalue weighted by Crippen LogP contribution is -2.30. The SMILES string of the molecule is CC1=CC=C(CCOC(=O)NCCCC[C@H](N)C(=O)O)C1. The van der Waals surface area contributed by atoms with Crippen molar-refractivity contribution < 1.29 is 19.4 Å². The molecule has 4 N–H and O–H groups in total. The van der Waals surface area contributed by atoms with Crippen LogP contribution in [0.4, 0.5) is 4.79 Å². The smallest absolute Gasteiger partial charge is 0.407 e. The zero-order chi connectivity index (χ0) is 15.7. The minimum atomic E-state index is -0.992. The molecule has 0 radical (unpaired) electrons. The molecule has 0 aliphatic heterocycles. The van der Waals surface area contributed by atoms with Crippen molar-refractivity contribution in [2.75, 3.05) is 13.2 Å². The van der Waals surface area contributed by atoms with Gasteiger partial charge in [0.05, 0.1) is 6.61 Å². The number of ether oxygens (including phenoxy) is 1. The normalized spacial score (nSPS) is 15.1. The summed E-state index contributed by atoms with van der Waals surface area (Å²) < 4.78 is 5.07. The average Bonchev–Trinajstić information content (AvgIpc) is 2.83. The molecule has 1 aliphatic carbocycles. The summed E-state index contributed by atoms with van der Waals surface area (Å²) in [4.78, 5) is 21.9. The van der Waals surface area contributed by atoms with E-state index in [9.17, 15) is 9.59 Å². The number of carbonyl (C=O) groups excluding carboxylic acids is 1. The van der Waals surface area contributed by atoms with Gasteiger partial charge in [0.15, 0.2) is 0 Å². The number of carbonyl (C=O) groups is 2. The van der Waals surface area contributed by atoms with Crippen molar-refractivity contribution in [1.82, 2.24) is 5.32 Å². The van der Waals surface area contributed by atoms with E-state index in [-0.39, 0.29) is 0 Å². The van der Waals surface area contributed by atoms with Crippen molar-refractivity contribution in [2.24, 2.45) is 5.73 Å². The van der Waals surface area contributed by atoms with Crippen LogP contribution in [0.3, 0.4) is 0 Å². The molecule has 6 heteroatoms. The van der Waals surface area contributed by atoms with Crippen molar-refractivity contribution in [3.63, 3.8) is 0 Å². The highest BCUT2D eigenvalue weighted by Crippen LogP contribution is 2.20. The highest BCUT2D eigenvalue weighted by Gasteiger charge is 2.10. The quantitative estimate of drug-likeness (QED) is 0.565. The minimum Gasteiger partial charge on any atom is -0.480 e. The number of unbranched alkanes of at least 4 members (excludes halogenated alkanes) is 1. The van der Waals surface area contributed by atoms with Crippen molar-refractivity contribution in [3.8, 4) is 0 Å². The Morgan fingerprint density at radius 3 is 2.81 bits per heavy atom. The number of carboxylic acids is 1. The van der Waals surface area contributed by atoms with Crippen molar-refractivity contribution >= 4 is 12.1 Å². The van der Waals surface area contributed by atoms with Crippen molar-refractivity contribution in [2.45, 2.75) is 45.1 Å². The van der Waals surface area contributed by atoms with Gasteiger partial charge in [0.1, 0.15) is 6.04 Å². The second-order valence-electron chi connectivity index (χ2n) is 5.27. The van der Waals surface area contributed by atoms with Gasteiger partial charge in [0, 0.05) is 13.0 Å². The molecule has 21 heavy (non-hydrogen) atoms. The molecule has 1 atom stereocenters. The molecule has 0 saturated heterocycles. The lowest BCUT2D eigenvalue weighted by Gasteiger charge is -2.08. The standard InChI is InChI=1S/C15H24N2O4/c1-11-5-6-12(10-11)7-9-21-15(20)17-8-3-2-4-13(16)14(18)19/h5-6,13H,2-4,7-10,16H2,1H3,(H,17,20)(H,18,19)/t13-/m0/s1. The third kappa shape index (κ3) is 7.51. The molecule has 118 valence electrons. The van der Waals surface area contributed by atoms with Crippen LogP contribution >= 0.6 is 0 Å². The van der Waals surface area contributed by atoms with Gasteiger partial charge in [-0.25, -0.2) is 4.79 Å². The van der Waals surface area contributed by atoms with Crippen LogP contribution in [0.25, 0.3) is 0 Å². The van der Waals surface area contributed by atoms with Crippen LogP contribution in [0.1, 0.15) is 39.0 Å². The number of nitrogens with one attached hydrogen (secondary N) is 1. The van der Waals surface area contributed by atoms with Gasteiger partial charge in [-0.05, 0) is 32.6 Å². The Morgan fingerprint density at radius 1 is 1.43 bits per heavy atom. The van der Waals surface area contributed by atoms with Gasteiger partial charge in [0.2, 0.25) is 0 Å². The van der Waals surface area contributed by atoms with E-state index in [2.05, 4.69) is 24.4 Å². The third-order valence-electron chi connectivity index (χ3n) is 3.29. The first-order valence-corrected chi connectivity index (χ1v) is 7.23. The summed E-state index contributed by atoms with van der Waals surface area (Å²) in [5.74, 6) is -0.992. The fraction of sp³-hybridized carbons (Fsp3) is 0.600. The number of rotatable bonds is 9. The van der Waals surface area contributed by atoms with Gasteiger partial charge in [0.25, 0.3) is 0 Å². The summed E-state index contributed by atoms with van der Waals surface area (Å²) in [5, 5.41) is 11.2. The monoisotopic (exact) mass is 296 g/mol. The summed E-state index contributed by atoms with van der Waals surface area (Å²) in [6.07, 6.45) is 7.20. The number of alkyl carbamates (subject to hydrolysis) is 1. The molecule has 0 aromatic carbocycles. The highest BCUT2D eigenvalue weighted by molar-refractivity contribution is 5.72. The fourth-order valence-electron chi connectivity index (χ4n) is 2.04. The number of hydrogen-bond acceptors (Lipinski definition) is 4.